The molecule has 20 heavy (non-hydrogen) atoms. The molecule has 0 radical (unpaired) electrons. The average Bonchev–Trinajstić information content (AvgIpc) is 2.39. The van der Waals surface area contributed by atoms with Gasteiger partial charge in [0.05, 0.1) is 23.3 Å². The third-order valence-electron chi connectivity index (χ3n) is 2.79. The Morgan fingerprint density at radius 1 is 1.10 bits per heavy atom. The summed E-state index contributed by atoms with van der Waals surface area (Å²) in [6.07, 6.45) is 1.11. The molecule has 3 nitrogen and oxygen atoms in total. The second-order valence-electron chi connectivity index (χ2n) is 4.42. The van der Waals surface area contributed by atoms with Gasteiger partial charge in [0.15, 0.2) is 5.75 Å². The highest BCUT2D eigenvalue weighted by molar-refractivity contribution is 6.40. The molecular weight excluding hydrogens is 321 g/mol. The second-order valence-corrected chi connectivity index (χ2v) is 5.67. The van der Waals surface area contributed by atoms with E-state index in [1.54, 1.807) is 12.1 Å². The molecule has 0 saturated carbocycles. The number of rotatable bonds is 9. The van der Waals surface area contributed by atoms with Crippen LogP contribution in [0.25, 0.3) is 0 Å². The lowest BCUT2D eigenvalue weighted by atomic mass is 10.3. The molecule has 0 aliphatic heterocycles. The first-order valence-electron chi connectivity index (χ1n) is 6.63. The monoisotopic (exact) mass is 339 g/mol. The zero-order valence-corrected chi connectivity index (χ0v) is 14.0. The van der Waals surface area contributed by atoms with Crippen molar-refractivity contribution in [3.8, 4) is 5.75 Å². The van der Waals surface area contributed by atoms with Crippen LogP contribution in [0.1, 0.15) is 20.3 Å². The van der Waals surface area contributed by atoms with E-state index < -0.39 is 0 Å². The van der Waals surface area contributed by atoms with E-state index in [9.17, 15) is 0 Å². The highest BCUT2D eigenvalue weighted by Crippen LogP contribution is 2.35. The summed E-state index contributed by atoms with van der Waals surface area (Å²) >= 11 is 17.8. The molecule has 0 saturated heterocycles. The van der Waals surface area contributed by atoms with Crippen LogP contribution in [0.5, 0.6) is 5.75 Å². The fraction of sp³-hybridized carbons (Fsp3) is 0.571. The maximum absolute atomic E-state index is 6.00. The van der Waals surface area contributed by atoms with Crippen LogP contribution in [0.4, 0.5) is 0 Å². The molecular formula is C14H20Cl3NO2. The van der Waals surface area contributed by atoms with Gasteiger partial charge in [0, 0.05) is 17.6 Å². The predicted octanol–water partition coefficient (Wildman–Crippen LogP) is 4.43. The first kappa shape index (κ1) is 17.9. The minimum absolute atomic E-state index is 0.393. The predicted molar refractivity (Wildman–Crippen MR) is 85.5 cm³/mol. The van der Waals surface area contributed by atoms with Crippen LogP contribution in [0.15, 0.2) is 12.1 Å². The molecule has 1 aromatic rings. The van der Waals surface area contributed by atoms with Gasteiger partial charge in [-0.2, -0.15) is 0 Å². The Morgan fingerprint density at radius 3 is 2.35 bits per heavy atom. The van der Waals surface area contributed by atoms with Gasteiger partial charge in [0.1, 0.15) is 6.61 Å². The molecule has 0 aliphatic rings. The van der Waals surface area contributed by atoms with Crippen LogP contribution in [0.3, 0.4) is 0 Å². The highest BCUT2D eigenvalue weighted by Gasteiger charge is 2.08. The van der Waals surface area contributed by atoms with Crippen LogP contribution >= 0.6 is 34.8 Å². The zero-order valence-electron chi connectivity index (χ0n) is 11.7. The SMILES string of the molecule is CC[C@H](C)NCCOCCOc1c(Cl)cc(Cl)cc1Cl. The van der Waals surface area contributed by atoms with Crippen molar-refractivity contribution in [3.05, 3.63) is 27.2 Å². The largest absolute Gasteiger partial charge is 0.488 e. The van der Waals surface area contributed by atoms with Crippen LogP contribution in [-0.4, -0.2) is 32.4 Å². The topological polar surface area (TPSA) is 30.5 Å². The first-order chi connectivity index (χ1) is 9.54. The molecule has 0 spiro atoms. The standard InChI is InChI=1S/C14H20Cl3NO2/c1-3-10(2)18-4-5-19-6-7-20-14-12(16)8-11(15)9-13(14)17/h8-10,18H,3-7H2,1-2H3/t10-/m0/s1. The summed E-state index contributed by atoms with van der Waals surface area (Å²) in [5.41, 5.74) is 0. The third kappa shape index (κ3) is 6.51. The Bertz CT molecular complexity index is 392. The number of benzene rings is 1. The van der Waals surface area contributed by atoms with Gasteiger partial charge in [-0.1, -0.05) is 41.7 Å². The molecule has 6 heteroatoms. The molecule has 0 unspecified atom stereocenters. The lowest BCUT2D eigenvalue weighted by molar-refractivity contribution is 0.101. The lowest BCUT2D eigenvalue weighted by Crippen LogP contribution is -2.29. The third-order valence-corrected chi connectivity index (χ3v) is 3.57. The van der Waals surface area contributed by atoms with Gasteiger partial charge < -0.3 is 14.8 Å². The molecule has 1 rings (SSSR count). The first-order valence-corrected chi connectivity index (χ1v) is 7.76. The van der Waals surface area contributed by atoms with E-state index in [0.717, 1.165) is 13.0 Å². The molecule has 1 N–H and O–H groups in total. The van der Waals surface area contributed by atoms with Crippen molar-refractivity contribution in [1.82, 2.24) is 5.32 Å². The molecule has 1 atom stereocenters. The normalized spacial score (nSPS) is 12.4. The van der Waals surface area contributed by atoms with E-state index in [1.807, 2.05) is 0 Å². The van der Waals surface area contributed by atoms with Gasteiger partial charge >= 0.3 is 0 Å². The Labute approximate surface area is 135 Å². The van der Waals surface area contributed by atoms with E-state index >= 15 is 0 Å². The fourth-order valence-electron chi connectivity index (χ4n) is 1.49. The van der Waals surface area contributed by atoms with Crippen molar-refractivity contribution < 1.29 is 9.47 Å². The molecule has 0 aliphatic carbocycles. The van der Waals surface area contributed by atoms with Crippen molar-refractivity contribution in [2.45, 2.75) is 26.3 Å². The zero-order chi connectivity index (χ0) is 15.0. The highest BCUT2D eigenvalue weighted by atomic mass is 35.5. The maximum atomic E-state index is 6.00. The fourth-order valence-corrected chi connectivity index (χ4v) is 2.42. The van der Waals surface area contributed by atoms with Gasteiger partial charge in [0.25, 0.3) is 0 Å². The molecule has 0 heterocycles. The summed E-state index contributed by atoms with van der Waals surface area (Å²) < 4.78 is 11.0. The summed E-state index contributed by atoms with van der Waals surface area (Å²) in [4.78, 5) is 0. The summed E-state index contributed by atoms with van der Waals surface area (Å²) in [7, 11) is 0. The molecule has 114 valence electrons. The van der Waals surface area contributed by atoms with Crippen molar-refractivity contribution in [1.29, 1.82) is 0 Å². The van der Waals surface area contributed by atoms with Crippen LogP contribution in [0, 0.1) is 0 Å². The summed E-state index contributed by atoms with van der Waals surface area (Å²) in [5, 5.41) is 4.64. The summed E-state index contributed by atoms with van der Waals surface area (Å²) in [5.74, 6) is 0.444. The molecule has 0 bridgehead atoms. The molecule has 0 amide bonds. The second kappa shape index (κ2) is 9.69. The number of halogens is 3. The molecule has 1 aromatic carbocycles. The van der Waals surface area contributed by atoms with E-state index in [2.05, 4.69) is 19.2 Å². The quantitative estimate of drug-likeness (QED) is 0.675. The number of hydrogen-bond donors (Lipinski definition) is 1. The van der Waals surface area contributed by atoms with Gasteiger partial charge in [-0.3, -0.25) is 0 Å². The number of hydrogen-bond acceptors (Lipinski definition) is 3. The molecule has 0 fully saturated rings. The van der Waals surface area contributed by atoms with Crippen LogP contribution in [-0.2, 0) is 4.74 Å². The van der Waals surface area contributed by atoms with E-state index in [-0.39, 0.29) is 0 Å². The van der Waals surface area contributed by atoms with Crippen molar-refractivity contribution >= 4 is 34.8 Å². The number of ether oxygens (including phenoxy) is 2. The molecule has 0 aromatic heterocycles. The Morgan fingerprint density at radius 2 is 1.75 bits per heavy atom. The minimum Gasteiger partial charge on any atom is -0.488 e. The Kier molecular flexibility index (Phi) is 8.66. The maximum Gasteiger partial charge on any atom is 0.156 e. The smallest absolute Gasteiger partial charge is 0.156 e. The Hall–Kier alpha value is -0.190. The minimum atomic E-state index is 0.393. The van der Waals surface area contributed by atoms with Gasteiger partial charge in [-0.25, -0.2) is 0 Å². The van der Waals surface area contributed by atoms with Crippen molar-refractivity contribution in [2.75, 3.05) is 26.4 Å². The van der Waals surface area contributed by atoms with Crippen LogP contribution < -0.4 is 10.1 Å². The average molecular weight is 341 g/mol. The van der Waals surface area contributed by atoms with E-state index in [4.69, 9.17) is 44.3 Å². The van der Waals surface area contributed by atoms with E-state index in [0.29, 0.717) is 46.7 Å². The van der Waals surface area contributed by atoms with Crippen molar-refractivity contribution in [2.24, 2.45) is 0 Å². The van der Waals surface area contributed by atoms with Crippen LogP contribution in [0.2, 0.25) is 15.1 Å². The summed E-state index contributed by atoms with van der Waals surface area (Å²) in [6, 6.07) is 3.71. The van der Waals surface area contributed by atoms with E-state index in [1.165, 1.54) is 0 Å². The number of nitrogens with one attached hydrogen (secondary N) is 1. The van der Waals surface area contributed by atoms with Gasteiger partial charge in [-0.15, -0.1) is 0 Å². The van der Waals surface area contributed by atoms with Gasteiger partial charge in [-0.05, 0) is 25.5 Å². The van der Waals surface area contributed by atoms with Crippen molar-refractivity contribution in [3.63, 3.8) is 0 Å². The Balaban J connectivity index is 2.19. The van der Waals surface area contributed by atoms with Gasteiger partial charge in [0.2, 0.25) is 0 Å². The lowest BCUT2D eigenvalue weighted by Gasteiger charge is -2.12. The summed E-state index contributed by atoms with van der Waals surface area (Å²) in [6.45, 7) is 6.65.